The lowest BCUT2D eigenvalue weighted by molar-refractivity contribution is -0.134. The van der Waals surface area contributed by atoms with E-state index in [2.05, 4.69) is 13.8 Å². The number of rotatable bonds is 7. The zero-order chi connectivity index (χ0) is 13.5. The number of nitrogens with zero attached hydrogens (tertiary/aromatic N) is 1. The molecule has 0 bridgehead atoms. The average Bonchev–Trinajstić information content (AvgIpc) is 2.83. The van der Waals surface area contributed by atoms with Gasteiger partial charge < -0.3 is 15.4 Å². The van der Waals surface area contributed by atoms with Gasteiger partial charge in [-0.25, -0.2) is 0 Å². The van der Waals surface area contributed by atoms with Crippen LogP contribution in [0.4, 0.5) is 0 Å². The lowest BCUT2D eigenvalue weighted by Crippen LogP contribution is -2.45. The molecule has 0 saturated carbocycles. The fourth-order valence-corrected chi connectivity index (χ4v) is 3.25. The van der Waals surface area contributed by atoms with Gasteiger partial charge in [-0.3, -0.25) is 4.79 Å². The van der Waals surface area contributed by atoms with Crippen molar-refractivity contribution >= 4 is 17.7 Å². The summed E-state index contributed by atoms with van der Waals surface area (Å²) in [5.74, 6) is 2.72. The van der Waals surface area contributed by atoms with Crippen LogP contribution in [0.2, 0.25) is 0 Å². The van der Waals surface area contributed by atoms with Crippen molar-refractivity contribution < 1.29 is 9.53 Å². The molecule has 2 atom stereocenters. The monoisotopic (exact) mass is 274 g/mol. The van der Waals surface area contributed by atoms with Gasteiger partial charge in [-0.05, 0) is 18.1 Å². The summed E-state index contributed by atoms with van der Waals surface area (Å²) in [6, 6.07) is 0.327. The lowest BCUT2D eigenvalue weighted by Gasteiger charge is -2.30. The van der Waals surface area contributed by atoms with Crippen LogP contribution in [0.25, 0.3) is 0 Å². The molecule has 18 heavy (non-hydrogen) atoms. The van der Waals surface area contributed by atoms with Gasteiger partial charge in [0.25, 0.3) is 0 Å². The van der Waals surface area contributed by atoms with Crippen LogP contribution in [0.5, 0.6) is 0 Å². The topological polar surface area (TPSA) is 55.6 Å². The van der Waals surface area contributed by atoms with E-state index in [9.17, 15) is 4.79 Å². The van der Waals surface area contributed by atoms with Gasteiger partial charge in [0.2, 0.25) is 5.91 Å². The van der Waals surface area contributed by atoms with E-state index in [4.69, 9.17) is 10.5 Å². The smallest absolute Gasteiger partial charge is 0.224 e. The lowest BCUT2D eigenvalue weighted by atomic mass is 10.0. The Balaban J connectivity index is 2.54. The van der Waals surface area contributed by atoms with Crippen LogP contribution in [0.3, 0.4) is 0 Å². The van der Waals surface area contributed by atoms with Crippen molar-refractivity contribution in [3.63, 3.8) is 0 Å². The van der Waals surface area contributed by atoms with Gasteiger partial charge in [-0.2, -0.15) is 11.8 Å². The Morgan fingerprint density at radius 3 is 2.78 bits per heavy atom. The number of amides is 1. The first-order valence-electron chi connectivity index (χ1n) is 6.68. The fourth-order valence-electron chi connectivity index (χ4n) is 2.02. The summed E-state index contributed by atoms with van der Waals surface area (Å²) in [6.45, 7) is 5.40. The molecule has 106 valence electrons. The zero-order valence-corrected chi connectivity index (χ0v) is 12.5. The Morgan fingerprint density at radius 2 is 2.28 bits per heavy atom. The third kappa shape index (κ3) is 4.78. The van der Waals surface area contributed by atoms with Crippen molar-refractivity contribution in [2.45, 2.75) is 38.8 Å². The predicted molar refractivity (Wildman–Crippen MR) is 76.7 cm³/mol. The Hall–Kier alpha value is -0.260. The molecule has 1 heterocycles. The standard InChI is InChI=1S/C13H26N2O2S/c1-10(2)12(14)8-13(16)15(5-6-17-3)11-4-7-18-9-11/h10-12H,4-9,14H2,1-3H3. The second kappa shape index (κ2) is 8.02. The van der Waals surface area contributed by atoms with E-state index >= 15 is 0 Å². The summed E-state index contributed by atoms with van der Waals surface area (Å²) in [4.78, 5) is 14.3. The SMILES string of the molecule is COCCN(C(=O)CC(N)C(C)C)C1CCSC1. The van der Waals surface area contributed by atoms with Gasteiger partial charge in [-0.1, -0.05) is 13.8 Å². The van der Waals surface area contributed by atoms with Crippen molar-refractivity contribution in [3.05, 3.63) is 0 Å². The summed E-state index contributed by atoms with van der Waals surface area (Å²) >= 11 is 1.92. The number of nitrogens with two attached hydrogens (primary N) is 1. The highest BCUT2D eigenvalue weighted by molar-refractivity contribution is 7.99. The second-order valence-electron chi connectivity index (χ2n) is 5.21. The van der Waals surface area contributed by atoms with Crippen LogP contribution in [0.1, 0.15) is 26.7 Å². The first-order chi connectivity index (χ1) is 8.56. The average molecular weight is 274 g/mol. The molecule has 1 fully saturated rings. The van der Waals surface area contributed by atoms with Crippen LogP contribution in [0.15, 0.2) is 0 Å². The Kier molecular flexibility index (Phi) is 7.04. The molecular weight excluding hydrogens is 248 g/mol. The predicted octanol–water partition coefficient (Wildman–Crippen LogP) is 1.34. The highest BCUT2D eigenvalue weighted by atomic mass is 32.2. The molecule has 0 aliphatic carbocycles. The molecule has 2 N–H and O–H groups in total. The summed E-state index contributed by atoms with van der Waals surface area (Å²) < 4.78 is 5.10. The molecule has 0 aromatic rings. The van der Waals surface area contributed by atoms with Crippen molar-refractivity contribution in [2.75, 3.05) is 31.8 Å². The second-order valence-corrected chi connectivity index (χ2v) is 6.36. The highest BCUT2D eigenvalue weighted by Crippen LogP contribution is 2.23. The molecule has 0 spiro atoms. The number of hydrogen-bond donors (Lipinski definition) is 1. The maximum absolute atomic E-state index is 12.3. The number of ether oxygens (including phenoxy) is 1. The minimum atomic E-state index is -0.0448. The van der Waals surface area contributed by atoms with E-state index < -0.39 is 0 Å². The molecule has 1 amide bonds. The first-order valence-corrected chi connectivity index (χ1v) is 7.83. The highest BCUT2D eigenvalue weighted by Gasteiger charge is 2.28. The molecule has 2 unspecified atom stereocenters. The van der Waals surface area contributed by atoms with Crippen LogP contribution < -0.4 is 5.73 Å². The minimum Gasteiger partial charge on any atom is -0.383 e. The largest absolute Gasteiger partial charge is 0.383 e. The van der Waals surface area contributed by atoms with Crippen LogP contribution >= 0.6 is 11.8 Å². The summed E-state index contributed by atoms with van der Waals surface area (Å²) in [5.41, 5.74) is 6.00. The summed E-state index contributed by atoms with van der Waals surface area (Å²) in [7, 11) is 1.67. The van der Waals surface area contributed by atoms with Crippen LogP contribution in [0, 0.1) is 5.92 Å². The molecule has 1 saturated heterocycles. The molecule has 1 aliphatic heterocycles. The zero-order valence-electron chi connectivity index (χ0n) is 11.7. The quantitative estimate of drug-likeness (QED) is 0.761. The summed E-state index contributed by atoms with van der Waals surface area (Å²) in [5, 5.41) is 0. The fraction of sp³-hybridized carbons (Fsp3) is 0.923. The van der Waals surface area contributed by atoms with Gasteiger partial charge in [0.05, 0.1) is 6.61 Å². The van der Waals surface area contributed by atoms with Crippen molar-refractivity contribution in [2.24, 2.45) is 11.7 Å². The maximum atomic E-state index is 12.3. The van der Waals surface area contributed by atoms with E-state index in [1.807, 2.05) is 16.7 Å². The molecular formula is C13H26N2O2S. The molecule has 0 aromatic heterocycles. The van der Waals surface area contributed by atoms with E-state index in [1.165, 1.54) is 0 Å². The van der Waals surface area contributed by atoms with Gasteiger partial charge in [0.1, 0.15) is 0 Å². The van der Waals surface area contributed by atoms with Gasteiger partial charge in [0, 0.05) is 37.9 Å². The third-order valence-corrected chi connectivity index (χ3v) is 4.61. The number of thioether (sulfide) groups is 1. The molecule has 0 aromatic carbocycles. The molecule has 4 nitrogen and oxygen atoms in total. The minimum absolute atomic E-state index is 0.0448. The Morgan fingerprint density at radius 1 is 1.56 bits per heavy atom. The number of hydrogen-bond acceptors (Lipinski definition) is 4. The van der Waals surface area contributed by atoms with Crippen LogP contribution in [-0.2, 0) is 9.53 Å². The molecule has 0 radical (unpaired) electrons. The summed E-state index contributed by atoms with van der Waals surface area (Å²) in [6.07, 6.45) is 1.54. The molecule has 1 aliphatic rings. The van der Waals surface area contributed by atoms with Gasteiger partial charge in [0.15, 0.2) is 0 Å². The third-order valence-electron chi connectivity index (χ3n) is 3.47. The van der Waals surface area contributed by atoms with E-state index in [1.54, 1.807) is 7.11 Å². The van der Waals surface area contributed by atoms with Crippen molar-refractivity contribution in [1.29, 1.82) is 0 Å². The Bertz CT molecular complexity index is 255. The van der Waals surface area contributed by atoms with Crippen LogP contribution in [-0.4, -0.2) is 54.7 Å². The first kappa shape index (κ1) is 15.8. The van der Waals surface area contributed by atoms with E-state index in [0.717, 1.165) is 17.9 Å². The molecule has 5 heteroatoms. The van der Waals surface area contributed by atoms with E-state index in [0.29, 0.717) is 31.5 Å². The van der Waals surface area contributed by atoms with E-state index in [-0.39, 0.29) is 11.9 Å². The van der Waals surface area contributed by atoms with Gasteiger partial charge >= 0.3 is 0 Å². The Labute approximate surface area is 115 Å². The maximum Gasteiger partial charge on any atom is 0.224 e. The molecule has 1 rings (SSSR count). The van der Waals surface area contributed by atoms with Crippen molar-refractivity contribution in [1.82, 2.24) is 4.90 Å². The normalized spacial score (nSPS) is 21.3. The number of carbonyl (C=O) groups excluding carboxylic acids is 1. The number of carbonyl (C=O) groups is 1. The van der Waals surface area contributed by atoms with Gasteiger partial charge in [-0.15, -0.1) is 0 Å². The number of methoxy groups -OCH3 is 1. The van der Waals surface area contributed by atoms with Crippen molar-refractivity contribution in [3.8, 4) is 0 Å².